The van der Waals surface area contributed by atoms with Crippen molar-refractivity contribution in [2.45, 2.75) is 19.4 Å². The van der Waals surface area contributed by atoms with Crippen LogP contribution in [0.1, 0.15) is 23.7 Å². The summed E-state index contributed by atoms with van der Waals surface area (Å²) in [7, 11) is 0. The average molecular weight is 289 g/mol. The number of carbonyl (C=O) groups is 1. The van der Waals surface area contributed by atoms with Crippen molar-refractivity contribution in [2.24, 2.45) is 0 Å². The van der Waals surface area contributed by atoms with Crippen LogP contribution in [-0.4, -0.2) is 56.1 Å². The second-order valence-electron chi connectivity index (χ2n) is 5.82. The van der Waals surface area contributed by atoms with Gasteiger partial charge in [-0.05, 0) is 44.6 Å². The quantitative estimate of drug-likeness (QED) is 0.823. The molecule has 2 aliphatic heterocycles. The van der Waals surface area contributed by atoms with Crippen LogP contribution in [0.15, 0.2) is 18.2 Å². The van der Waals surface area contributed by atoms with Crippen LogP contribution in [0.2, 0.25) is 0 Å². The van der Waals surface area contributed by atoms with Gasteiger partial charge in [-0.1, -0.05) is 0 Å². The standard InChI is InChI=1S/C16H23N3O2/c1-12-10-18-14-9-13(3-4-16(14)21-12)15(20)11-19-7-2-5-17-6-8-19/h3-4,9,12,17-18H,2,5-8,10-11H2,1H3. The van der Waals surface area contributed by atoms with Crippen LogP contribution in [0, 0.1) is 0 Å². The van der Waals surface area contributed by atoms with Gasteiger partial charge in [-0.3, -0.25) is 9.69 Å². The van der Waals surface area contributed by atoms with E-state index in [0.717, 1.165) is 56.1 Å². The Kier molecular flexibility index (Phi) is 4.41. The van der Waals surface area contributed by atoms with Gasteiger partial charge < -0.3 is 15.4 Å². The first-order valence-corrected chi connectivity index (χ1v) is 7.73. The molecular weight excluding hydrogens is 266 g/mol. The molecule has 0 aliphatic carbocycles. The second-order valence-corrected chi connectivity index (χ2v) is 5.82. The number of hydrogen-bond acceptors (Lipinski definition) is 5. The maximum absolute atomic E-state index is 12.4. The third-order valence-electron chi connectivity index (χ3n) is 4.01. The van der Waals surface area contributed by atoms with Gasteiger partial charge in [0.25, 0.3) is 0 Å². The molecule has 1 aromatic carbocycles. The number of ketones is 1. The highest BCUT2D eigenvalue weighted by molar-refractivity contribution is 5.98. The van der Waals surface area contributed by atoms with E-state index in [4.69, 9.17) is 4.74 Å². The monoisotopic (exact) mass is 289 g/mol. The lowest BCUT2D eigenvalue weighted by Crippen LogP contribution is -2.33. The number of benzene rings is 1. The van der Waals surface area contributed by atoms with Crippen LogP contribution < -0.4 is 15.4 Å². The van der Waals surface area contributed by atoms with Gasteiger partial charge in [0.15, 0.2) is 5.78 Å². The predicted octanol–water partition coefficient (Wildman–Crippen LogP) is 1.36. The number of ether oxygens (including phenoxy) is 1. The molecule has 0 spiro atoms. The van der Waals surface area contributed by atoms with E-state index in [-0.39, 0.29) is 11.9 Å². The predicted molar refractivity (Wildman–Crippen MR) is 83.3 cm³/mol. The summed E-state index contributed by atoms with van der Waals surface area (Å²) in [6, 6.07) is 5.69. The van der Waals surface area contributed by atoms with Gasteiger partial charge in [-0.2, -0.15) is 0 Å². The van der Waals surface area contributed by atoms with Crippen LogP contribution in [0.25, 0.3) is 0 Å². The minimum absolute atomic E-state index is 0.170. The lowest BCUT2D eigenvalue weighted by atomic mass is 10.1. The highest BCUT2D eigenvalue weighted by atomic mass is 16.5. The van der Waals surface area contributed by atoms with Crippen molar-refractivity contribution < 1.29 is 9.53 Å². The summed E-state index contributed by atoms with van der Waals surface area (Å²) in [5.41, 5.74) is 1.69. The number of nitrogens with one attached hydrogen (secondary N) is 2. The van der Waals surface area contributed by atoms with Crippen LogP contribution in [0.4, 0.5) is 5.69 Å². The zero-order valence-electron chi connectivity index (χ0n) is 12.5. The van der Waals surface area contributed by atoms with Crippen LogP contribution >= 0.6 is 0 Å². The van der Waals surface area contributed by atoms with Crippen molar-refractivity contribution in [3.63, 3.8) is 0 Å². The van der Waals surface area contributed by atoms with Crippen LogP contribution in [-0.2, 0) is 0 Å². The number of carbonyl (C=O) groups excluding carboxylic acids is 1. The molecule has 5 heteroatoms. The molecule has 114 valence electrons. The molecule has 2 aliphatic rings. The summed E-state index contributed by atoms with van der Waals surface area (Å²) in [5, 5.41) is 6.68. The van der Waals surface area contributed by atoms with Gasteiger partial charge in [-0.15, -0.1) is 0 Å². The van der Waals surface area contributed by atoms with Crippen LogP contribution in [0.3, 0.4) is 0 Å². The largest absolute Gasteiger partial charge is 0.487 e. The Labute approximate surface area is 125 Å². The Bertz CT molecular complexity index is 510. The molecule has 21 heavy (non-hydrogen) atoms. The number of Topliss-reactive ketones (excluding diaryl/α,β-unsaturated/α-hetero) is 1. The Morgan fingerprint density at radius 2 is 2.29 bits per heavy atom. The highest BCUT2D eigenvalue weighted by Crippen LogP contribution is 2.30. The molecule has 1 fully saturated rings. The summed E-state index contributed by atoms with van der Waals surface area (Å²) >= 11 is 0. The smallest absolute Gasteiger partial charge is 0.176 e. The van der Waals surface area contributed by atoms with Crippen molar-refractivity contribution in [2.75, 3.05) is 44.6 Å². The van der Waals surface area contributed by atoms with E-state index in [1.165, 1.54) is 0 Å². The third kappa shape index (κ3) is 3.54. The fraction of sp³-hybridized carbons (Fsp3) is 0.562. The van der Waals surface area contributed by atoms with Crippen molar-refractivity contribution in [3.05, 3.63) is 23.8 Å². The van der Waals surface area contributed by atoms with Crippen molar-refractivity contribution >= 4 is 11.5 Å². The first-order valence-electron chi connectivity index (χ1n) is 7.73. The van der Waals surface area contributed by atoms with Gasteiger partial charge in [0.1, 0.15) is 11.9 Å². The number of hydrogen-bond donors (Lipinski definition) is 2. The maximum Gasteiger partial charge on any atom is 0.176 e. The minimum atomic E-state index is 0.170. The van der Waals surface area contributed by atoms with E-state index in [1.807, 2.05) is 25.1 Å². The lowest BCUT2D eigenvalue weighted by Gasteiger charge is -2.25. The zero-order valence-corrected chi connectivity index (χ0v) is 12.5. The van der Waals surface area contributed by atoms with E-state index < -0.39 is 0 Å². The Morgan fingerprint density at radius 3 is 3.19 bits per heavy atom. The molecule has 0 aromatic heterocycles. The van der Waals surface area contributed by atoms with E-state index in [0.29, 0.717) is 6.54 Å². The molecule has 1 atom stereocenters. The topological polar surface area (TPSA) is 53.6 Å². The molecule has 0 saturated carbocycles. The molecule has 2 N–H and O–H groups in total. The van der Waals surface area contributed by atoms with Crippen molar-refractivity contribution in [3.8, 4) is 5.75 Å². The lowest BCUT2D eigenvalue weighted by molar-refractivity contribution is 0.0935. The number of fused-ring (bicyclic) bond motifs is 1. The second kappa shape index (κ2) is 6.45. The number of anilines is 1. The van der Waals surface area contributed by atoms with E-state index in [2.05, 4.69) is 15.5 Å². The third-order valence-corrected chi connectivity index (χ3v) is 4.01. The average Bonchev–Trinajstić information content (AvgIpc) is 2.75. The zero-order chi connectivity index (χ0) is 14.7. The molecule has 1 unspecified atom stereocenters. The Morgan fingerprint density at radius 1 is 1.38 bits per heavy atom. The first-order chi connectivity index (χ1) is 10.2. The van der Waals surface area contributed by atoms with Gasteiger partial charge in [-0.25, -0.2) is 0 Å². The molecule has 0 radical (unpaired) electrons. The summed E-state index contributed by atoms with van der Waals surface area (Å²) in [6.45, 7) is 7.24. The Hall–Kier alpha value is -1.59. The van der Waals surface area contributed by atoms with Gasteiger partial charge in [0.2, 0.25) is 0 Å². The van der Waals surface area contributed by atoms with E-state index in [9.17, 15) is 4.79 Å². The van der Waals surface area contributed by atoms with E-state index in [1.54, 1.807) is 0 Å². The summed E-state index contributed by atoms with van der Waals surface area (Å²) in [4.78, 5) is 14.7. The molecule has 0 bridgehead atoms. The highest BCUT2D eigenvalue weighted by Gasteiger charge is 2.19. The maximum atomic E-state index is 12.4. The Balaban J connectivity index is 1.67. The SMILES string of the molecule is CC1CNc2cc(C(=O)CN3CCCNCC3)ccc2O1. The molecule has 1 aromatic rings. The van der Waals surface area contributed by atoms with Gasteiger partial charge in [0, 0.05) is 18.7 Å². The molecule has 0 amide bonds. The van der Waals surface area contributed by atoms with Crippen LogP contribution in [0.5, 0.6) is 5.75 Å². The molecular formula is C16H23N3O2. The fourth-order valence-corrected chi connectivity index (χ4v) is 2.81. The molecule has 1 saturated heterocycles. The first kappa shape index (κ1) is 14.4. The summed E-state index contributed by atoms with van der Waals surface area (Å²) < 4.78 is 5.74. The van der Waals surface area contributed by atoms with Gasteiger partial charge in [0.05, 0.1) is 18.8 Å². The van der Waals surface area contributed by atoms with E-state index >= 15 is 0 Å². The minimum Gasteiger partial charge on any atom is -0.487 e. The van der Waals surface area contributed by atoms with Crippen molar-refractivity contribution in [1.29, 1.82) is 0 Å². The molecule has 3 rings (SSSR count). The summed E-state index contributed by atoms with van der Waals surface area (Å²) in [5.74, 6) is 1.02. The number of rotatable bonds is 3. The molecule has 5 nitrogen and oxygen atoms in total. The normalized spacial score (nSPS) is 22.6. The van der Waals surface area contributed by atoms with Crippen molar-refractivity contribution in [1.82, 2.24) is 10.2 Å². The van der Waals surface area contributed by atoms with Gasteiger partial charge >= 0.3 is 0 Å². The number of nitrogens with zero attached hydrogens (tertiary/aromatic N) is 1. The fourth-order valence-electron chi connectivity index (χ4n) is 2.81. The molecule has 2 heterocycles. The summed E-state index contributed by atoms with van der Waals surface area (Å²) in [6.07, 6.45) is 1.27.